The summed E-state index contributed by atoms with van der Waals surface area (Å²) in [6.45, 7) is 4.44. The van der Waals surface area contributed by atoms with Gasteiger partial charge in [0.1, 0.15) is 5.69 Å². The number of ether oxygens (including phenoxy) is 1. The molecule has 0 bridgehead atoms. The highest BCUT2D eigenvalue weighted by atomic mass is 16.5. The summed E-state index contributed by atoms with van der Waals surface area (Å²) in [4.78, 5) is 20.3. The summed E-state index contributed by atoms with van der Waals surface area (Å²) in [5.74, 6) is -0.00364. The summed E-state index contributed by atoms with van der Waals surface area (Å²) >= 11 is 0. The van der Waals surface area contributed by atoms with Crippen molar-refractivity contribution in [2.75, 3.05) is 32.8 Å². The number of aromatic amines is 2. The summed E-state index contributed by atoms with van der Waals surface area (Å²) in [6, 6.07) is 11.0. The SMILES string of the molecule is O=C(c1cc(C2CCCCN2Cc2ccc3[nH]ccc3c2)[nH]n1)N1CCOCC1. The number of carbonyl (C=O) groups is 1. The first-order chi connectivity index (χ1) is 14.3. The minimum atomic E-state index is -0.00364. The van der Waals surface area contributed by atoms with Gasteiger partial charge >= 0.3 is 0 Å². The van der Waals surface area contributed by atoms with E-state index in [2.05, 4.69) is 44.3 Å². The van der Waals surface area contributed by atoms with Gasteiger partial charge in [0.05, 0.1) is 24.9 Å². The van der Waals surface area contributed by atoms with Gasteiger partial charge < -0.3 is 14.6 Å². The van der Waals surface area contributed by atoms with Gasteiger partial charge in [0.25, 0.3) is 5.91 Å². The van der Waals surface area contributed by atoms with Crippen molar-refractivity contribution in [3.05, 3.63) is 53.5 Å². The van der Waals surface area contributed by atoms with Crippen molar-refractivity contribution in [2.24, 2.45) is 0 Å². The Hall–Kier alpha value is -2.64. The fourth-order valence-corrected chi connectivity index (χ4v) is 4.51. The van der Waals surface area contributed by atoms with Gasteiger partial charge in [0.15, 0.2) is 0 Å². The zero-order valence-electron chi connectivity index (χ0n) is 16.6. The van der Waals surface area contributed by atoms with E-state index in [9.17, 15) is 4.79 Å². The molecule has 4 heterocycles. The molecular weight excluding hydrogens is 366 g/mol. The number of hydrogen-bond acceptors (Lipinski definition) is 4. The number of benzene rings is 1. The number of nitrogens with zero attached hydrogens (tertiary/aromatic N) is 3. The molecule has 7 heteroatoms. The molecule has 0 radical (unpaired) electrons. The molecule has 0 saturated carbocycles. The molecule has 1 unspecified atom stereocenters. The number of nitrogens with one attached hydrogen (secondary N) is 2. The third-order valence-electron chi connectivity index (χ3n) is 6.09. The van der Waals surface area contributed by atoms with Crippen molar-refractivity contribution in [1.29, 1.82) is 0 Å². The summed E-state index contributed by atoms with van der Waals surface area (Å²) < 4.78 is 5.35. The van der Waals surface area contributed by atoms with Crippen molar-refractivity contribution in [3.63, 3.8) is 0 Å². The molecule has 2 N–H and O–H groups in total. The normalized spacial score (nSPS) is 21.0. The summed E-state index contributed by atoms with van der Waals surface area (Å²) in [5, 5.41) is 8.76. The van der Waals surface area contributed by atoms with E-state index >= 15 is 0 Å². The Kier molecular flexibility index (Phi) is 5.08. The molecular formula is C22H27N5O2. The maximum Gasteiger partial charge on any atom is 0.274 e. The molecule has 1 aromatic carbocycles. The molecule has 2 aromatic heterocycles. The summed E-state index contributed by atoms with van der Waals surface area (Å²) in [5.41, 5.74) is 4.04. The van der Waals surface area contributed by atoms with Crippen LogP contribution >= 0.6 is 0 Å². The van der Waals surface area contributed by atoms with Gasteiger partial charge in [-0.2, -0.15) is 5.10 Å². The number of likely N-dealkylation sites (tertiary alicyclic amines) is 1. The fourth-order valence-electron chi connectivity index (χ4n) is 4.51. The third kappa shape index (κ3) is 3.80. The second kappa shape index (κ2) is 8.00. The molecule has 1 amide bonds. The van der Waals surface area contributed by atoms with Crippen LogP contribution in [0.15, 0.2) is 36.5 Å². The first-order valence-electron chi connectivity index (χ1n) is 10.5. The maximum atomic E-state index is 12.7. The molecule has 29 heavy (non-hydrogen) atoms. The number of carbonyl (C=O) groups excluding carboxylic acids is 1. The minimum absolute atomic E-state index is 0.00364. The summed E-state index contributed by atoms with van der Waals surface area (Å²) in [7, 11) is 0. The van der Waals surface area contributed by atoms with Crippen LogP contribution in [0.3, 0.4) is 0 Å². The standard InChI is InChI=1S/C22H27N5O2/c28-22(26-9-11-29-12-10-26)20-14-19(24-25-20)21-3-1-2-8-27(21)15-16-4-5-18-17(13-16)6-7-23-18/h4-7,13-14,21,23H,1-3,8-12,15H2,(H,24,25). The molecule has 7 nitrogen and oxygen atoms in total. The highest BCUT2D eigenvalue weighted by Gasteiger charge is 2.28. The minimum Gasteiger partial charge on any atom is -0.378 e. The smallest absolute Gasteiger partial charge is 0.274 e. The van der Waals surface area contributed by atoms with Crippen LogP contribution in [0, 0.1) is 0 Å². The second-order valence-corrected chi connectivity index (χ2v) is 7.99. The van der Waals surface area contributed by atoms with Crippen molar-refractivity contribution < 1.29 is 9.53 Å². The van der Waals surface area contributed by atoms with Crippen LogP contribution in [0.2, 0.25) is 0 Å². The van der Waals surface area contributed by atoms with Gasteiger partial charge in [0.2, 0.25) is 0 Å². The van der Waals surface area contributed by atoms with Crippen molar-refractivity contribution in [2.45, 2.75) is 31.8 Å². The number of rotatable bonds is 4. The molecule has 2 fully saturated rings. The monoisotopic (exact) mass is 393 g/mol. The van der Waals surface area contributed by atoms with Crippen molar-refractivity contribution in [1.82, 2.24) is 25.0 Å². The molecule has 2 aliphatic heterocycles. The number of H-pyrrole nitrogens is 2. The van der Waals surface area contributed by atoms with E-state index < -0.39 is 0 Å². The Bertz CT molecular complexity index is 988. The van der Waals surface area contributed by atoms with Gasteiger partial charge in [-0.15, -0.1) is 0 Å². The highest BCUT2D eigenvalue weighted by molar-refractivity contribution is 5.92. The maximum absolute atomic E-state index is 12.7. The van der Waals surface area contributed by atoms with E-state index in [4.69, 9.17) is 4.74 Å². The number of fused-ring (bicyclic) bond motifs is 1. The number of aromatic nitrogens is 3. The highest BCUT2D eigenvalue weighted by Crippen LogP contribution is 2.32. The first kappa shape index (κ1) is 18.4. The van der Waals surface area contributed by atoms with Crippen LogP contribution in [0.1, 0.15) is 47.1 Å². The Morgan fingerprint density at radius 3 is 2.93 bits per heavy atom. The number of amides is 1. The van der Waals surface area contributed by atoms with Crippen LogP contribution in [0.25, 0.3) is 10.9 Å². The lowest BCUT2D eigenvalue weighted by Crippen LogP contribution is -2.40. The van der Waals surface area contributed by atoms with Gasteiger partial charge in [-0.25, -0.2) is 0 Å². The van der Waals surface area contributed by atoms with Crippen LogP contribution in [-0.2, 0) is 11.3 Å². The van der Waals surface area contributed by atoms with Gasteiger partial charge in [-0.3, -0.25) is 14.8 Å². The van der Waals surface area contributed by atoms with E-state index in [0.717, 1.165) is 25.2 Å². The first-order valence-corrected chi connectivity index (χ1v) is 10.5. The predicted octanol–water partition coefficient (Wildman–Crippen LogP) is 3.09. The largest absolute Gasteiger partial charge is 0.378 e. The zero-order chi connectivity index (χ0) is 19.6. The Morgan fingerprint density at radius 2 is 2.03 bits per heavy atom. The lowest BCUT2D eigenvalue weighted by molar-refractivity contribution is 0.0299. The molecule has 152 valence electrons. The molecule has 2 aliphatic rings. The number of morpholine rings is 1. The van der Waals surface area contributed by atoms with Crippen LogP contribution < -0.4 is 0 Å². The van der Waals surface area contributed by atoms with E-state index in [1.165, 1.54) is 29.3 Å². The number of piperidine rings is 1. The van der Waals surface area contributed by atoms with Crippen LogP contribution in [-0.4, -0.2) is 63.7 Å². The van der Waals surface area contributed by atoms with E-state index in [1.807, 2.05) is 17.2 Å². The summed E-state index contributed by atoms with van der Waals surface area (Å²) in [6.07, 6.45) is 5.47. The molecule has 0 aliphatic carbocycles. The lowest BCUT2D eigenvalue weighted by atomic mass is 9.98. The lowest BCUT2D eigenvalue weighted by Gasteiger charge is -2.35. The van der Waals surface area contributed by atoms with E-state index in [-0.39, 0.29) is 11.9 Å². The van der Waals surface area contributed by atoms with Crippen LogP contribution in [0.4, 0.5) is 0 Å². The van der Waals surface area contributed by atoms with E-state index in [1.54, 1.807) is 0 Å². The van der Waals surface area contributed by atoms with Crippen LogP contribution in [0.5, 0.6) is 0 Å². The van der Waals surface area contributed by atoms with Crippen molar-refractivity contribution in [3.8, 4) is 0 Å². The molecule has 5 rings (SSSR count). The average molecular weight is 393 g/mol. The molecule has 0 spiro atoms. The quantitative estimate of drug-likeness (QED) is 0.714. The predicted molar refractivity (Wildman–Crippen MR) is 111 cm³/mol. The average Bonchev–Trinajstić information content (AvgIpc) is 3.44. The van der Waals surface area contributed by atoms with Gasteiger partial charge in [-0.1, -0.05) is 12.5 Å². The molecule has 3 aromatic rings. The Balaban J connectivity index is 1.33. The number of hydrogen-bond donors (Lipinski definition) is 2. The molecule has 2 saturated heterocycles. The second-order valence-electron chi connectivity index (χ2n) is 7.99. The van der Waals surface area contributed by atoms with Gasteiger partial charge in [-0.05, 0) is 54.6 Å². The zero-order valence-corrected chi connectivity index (χ0v) is 16.6. The fraction of sp³-hybridized carbons (Fsp3) is 0.455. The van der Waals surface area contributed by atoms with E-state index in [0.29, 0.717) is 32.0 Å². The molecule has 1 atom stereocenters. The Labute approximate surface area is 170 Å². The third-order valence-corrected chi connectivity index (χ3v) is 6.09. The topological polar surface area (TPSA) is 77.2 Å². The Morgan fingerprint density at radius 1 is 1.14 bits per heavy atom. The van der Waals surface area contributed by atoms with Gasteiger partial charge in [0, 0.05) is 31.3 Å². The van der Waals surface area contributed by atoms with Crippen molar-refractivity contribution >= 4 is 16.8 Å².